The Morgan fingerprint density at radius 3 is 1.86 bits per heavy atom. The molecule has 0 saturated carbocycles. The van der Waals surface area contributed by atoms with Crippen LogP contribution in [-0.2, 0) is 18.9 Å². The van der Waals surface area contributed by atoms with Crippen LogP contribution in [0.2, 0.25) is 0 Å². The summed E-state index contributed by atoms with van der Waals surface area (Å²) in [6.45, 7) is -0.292. The highest BCUT2D eigenvalue weighted by atomic mass is 19.4. The van der Waals surface area contributed by atoms with E-state index >= 15 is 0 Å². The third kappa shape index (κ3) is 3.47. The van der Waals surface area contributed by atoms with Crippen LogP contribution in [0, 0.1) is 0 Å². The van der Waals surface area contributed by atoms with Gasteiger partial charge in [-0.15, -0.1) is 0 Å². The summed E-state index contributed by atoms with van der Waals surface area (Å²) in [5.74, 6) is -2.84. The Bertz CT molecular complexity index is 664. The number of hydrogen-bond acceptors (Lipinski definition) is 5. The van der Waals surface area contributed by atoms with Gasteiger partial charge in [-0.3, -0.25) is 0 Å². The van der Waals surface area contributed by atoms with Gasteiger partial charge in [-0.05, 0) is 6.07 Å². The summed E-state index contributed by atoms with van der Waals surface area (Å²) >= 11 is 0. The molecule has 2 rings (SSSR count). The Morgan fingerprint density at radius 1 is 0.864 bits per heavy atom. The van der Waals surface area contributed by atoms with Crippen molar-refractivity contribution in [2.24, 2.45) is 5.73 Å². The third-order valence-corrected chi connectivity index (χ3v) is 2.44. The topological polar surface area (TPSA) is 77.6 Å². The van der Waals surface area contributed by atoms with Crippen LogP contribution in [0.25, 0.3) is 11.3 Å². The number of hydrogen-bond donors (Lipinski definition) is 1. The smallest absolute Gasteiger partial charge is 0.325 e. The van der Waals surface area contributed by atoms with Gasteiger partial charge in [-0.1, -0.05) is 0 Å². The number of halogens is 6. The molecule has 0 aliphatic heterocycles. The van der Waals surface area contributed by atoms with Gasteiger partial charge in [-0.25, -0.2) is 19.9 Å². The van der Waals surface area contributed by atoms with E-state index in [-0.39, 0.29) is 23.5 Å². The maximum absolute atomic E-state index is 12.7. The van der Waals surface area contributed by atoms with Crippen molar-refractivity contribution in [3.8, 4) is 11.3 Å². The van der Waals surface area contributed by atoms with Gasteiger partial charge >= 0.3 is 12.4 Å². The number of nitrogens with zero attached hydrogens (tertiary/aromatic N) is 4. The normalized spacial score (nSPS) is 12.5. The predicted octanol–water partition coefficient (Wildman–Crippen LogP) is 2.43. The molecule has 0 saturated heterocycles. The second kappa shape index (κ2) is 5.48. The highest BCUT2D eigenvalue weighted by molar-refractivity contribution is 5.57. The maximum atomic E-state index is 12.7. The molecule has 2 heterocycles. The van der Waals surface area contributed by atoms with E-state index in [4.69, 9.17) is 5.73 Å². The second-order valence-electron chi connectivity index (χ2n) is 4.06. The Balaban J connectivity index is 2.48. The van der Waals surface area contributed by atoms with Crippen LogP contribution in [0.15, 0.2) is 18.5 Å². The van der Waals surface area contributed by atoms with Gasteiger partial charge < -0.3 is 5.73 Å². The highest BCUT2D eigenvalue weighted by Gasteiger charge is 2.36. The summed E-state index contributed by atoms with van der Waals surface area (Å²) in [5, 5.41) is 0. The summed E-state index contributed by atoms with van der Waals surface area (Å²) in [7, 11) is 0. The van der Waals surface area contributed by atoms with E-state index in [1.54, 1.807) is 0 Å². The quantitative estimate of drug-likeness (QED) is 0.859. The lowest BCUT2D eigenvalue weighted by atomic mass is 10.2. The first kappa shape index (κ1) is 16.1. The first-order valence-electron chi connectivity index (χ1n) is 5.66. The molecule has 0 spiro atoms. The van der Waals surface area contributed by atoms with Crippen molar-refractivity contribution < 1.29 is 26.3 Å². The van der Waals surface area contributed by atoms with Gasteiger partial charge in [0.1, 0.15) is 0 Å². The molecule has 0 bridgehead atoms. The zero-order chi connectivity index (χ0) is 16.5. The molecule has 0 aliphatic rings. The van der Waals surface area contributed by atoms with Crippen molar-refractivity contribution in [3.63, 3.8) is 0 Å². The van der Waals surface area contributed by atoms with E-state index in [1.807, 2.05) is 0 Å². The molecule has 11 heteroatoms. The molecular weight excluding hydrogens is 316 g/mol. The Labute approximate surface area is 119 Å². The molecule has 2 aromatic rings. The fourth-order valence-corrected chi connectivity index (χ4v) is 1.48. The molecule has 2 aromatic heterocycles. The van der Waals surface area contributed by atoms with E-state index in [1.165, 1.54) is 0 Å². The van der Waals surface area contributed by atoms with Crippen LogP contribution >= 0.6 is 0 Å². The number of rotatable bonds is 2. The SMILES string of the molecule is NCc1cc(-c2cnc(C(F)(F)F)nc2)nc(C(F)(F)F)n1. The molecule has 5 nitrogen and oxygen atoms in total. The van der Waals surface area contributed by atoms with Crippen LogP contribution < -0.4 is 5.73 Å². The Hall–Kier alpha value is -2.30. The average molecular weight is 323 g/mol. The fourth-order valence-electron chi connectivity index (χ4n) is 1.48. The number of alkyl halides is 6. The summed E-state index contributed by atoms with van der Waals surface area (Å²) in [6, 6.07) is 1.13. The van der Waals surface area contributed by atoms with E-state index in [0.29, 0.717) is 0 Å². The van der Waals surface area contributed by atoms with Crippen LogP contribution in [0.5, 0.6) is 0 Å². The lowest BCUT2D eigenvalue weighted by Crippen LogP contribution is -2.15. The van der Waals surface area contributed by atoms with Crippen LogP contribution in [0.1, 0.15) is 17.3 Å². The number of nitrogens with two attached hydrogens (primary N) is 1. The third-order valence-electron chi connectivity index (χ3n) is 2.44. The van der Waals surface area contributed by atoms with Crippen molar-refractivity contribution in [3.05, 3.63) is 35.8 Å². The maximum Gasteiger partial charge on any atom is 0.451 e. The standard InChI is InChI=1S/C11H7F6N5/c12-10(13,14)8-19-3-5(4-20-8)7-1-6(2-18)21-9(22-7)11(15,16)17/h1,3-4H,2,18H2. The minimum atomic E-state index is -4.81. The molecule has 2 N–H and O–H groups in total. The van der Waals surface area contributed by atoms with Gasteiger partial charge in [0.05, 0.1) is 11.4 Å². The molecule has 0 atom stereocenters. The molecule has 0 radical (unpaired) electrons. The largest absolute Gasteiger partial charge is 0.451 e. The average Bonchev–Trinajstić information content (AvgIpc) is 2.45. The first-order chi connectivity index (χ1) is 10.1. The fraction of sp³-hybridized carbons (Fsp3) is 0.273. The highest BCUT2D eigenvalue weighted by Crippen LogP contribution is 2.29. The lowest BCUT2D eigenvalue weighted by Gasteiger charge is -2.10. The summed E-state index contributed by atoms with van der Waals surface area (Å²) in [6.07, 6.45) is -8.09. The van der Waals surface area contributed by atoms with Crippen molar-refractivity contribution in [2.75, 3.05) is 0 Å². The molecule has 118 valence electrons. The Morgan fingerprint density at radius 2 is 1.41 bits per heavy atom. The monoisotopic (exact) mass is 323 g/mol. The molecule has 0 amide bonds. The zero-order valence-electron chi connectivity index (χ0n) is 10.6. The number of aromatic nitrogens is 4. The van der Waals surface area contributed by atoms with Crippen LogP contribution in [0.3, 0.4) is 0 Å². The molecule has 22 heavy (non-hydrogen) atoms. The molecule has 0 aromatic carbocycles. The lowest BCUT2D eigenvalue weighted by molar-refractivity contribution is -0.145. The van der Waals surface area contributed by atoms with Crippen molar-refractivity contribution >= 4 is 0 Å². The van der Waals surface area contributed by atoms with Crippen molar-refractivity contribution in [2.45, 2.75) is 18.9 Å². The second-order valence-corrected chi connectivity index (χ2v) is 4.06. The first-order valence-corrected chi connectivity index (χ1v) is 5.66. The summed E-state index contributed by atoms with van der Waals surface area (Å²) in [5.41, 5.74) is 4.76. The summed E-state index contributed by atoms with van der Waals surface area (Å²) in [4.78, 5) is 12.6. The van der Waals surface area contributed by atoms with Gasteiger partial charge in [0.2, 0.25) is 11.6 Å². The minimum Gasteiger partial charge on any atom is -0.325 e. The van der Waals surface area contributed by atoms with Crippen LogP contribution in [-0.4, -0.2) is 19.9 Å². The van der Waals surface area contributed by atoms with Gasteiger partial charge in [0.15, 0.2) is 0 Å². The molecule has 0 fully saturated rings. The van der Waals surface area contributed by atoms with E-state index < -0.39 is 24.0 Å². The van der Waals surface area contributed by atoms with Crippen LogP contribution in [0.4, 0.5) is 26.3 Å². The van der Waals surface area contributed by atoms with Gasteiger partial charge in [0, 0.05) is 24.5 Å². The molecule has 0 unspecified atom stereocenters. The Kier molecular flexibility index (Phi) is 4.00. The van der Waals surface area contributed by atoms with Gasteiger partial charge in [0.25, 0.3) is 0 Å². The van der Waals surface area contributed by atoms with E-state index in [9.17, 15) is 26.3 Å². The van der Waals surface area contributed by atoms with Crippen molar-refractivity contribution in [1.82, 2.24) is 19.9 Å². The van der Waals surface area contributed by atoms with E-state index in [2.05, 4.69) is 19.9 Å². The zero-order valence-corrected chi connectivity index (χ0v) is 10.6. The molecule has 0 aliphatic carbocycles. The minimum absolute atomic E-state index is 0.114. The summed E-state index contributed by atoms with van der Waals surface area (Å²) < 4.78 is 75.1. The van der Waals surface area contributed by atoms with E-state index in [0.717, 1.165) is 18.5 Å². The van der Waals surface area contributed by atoms with Crippen molar-refractivity contribution in [1.29, 1.82) is 0 Å². The predicted molar refractivity (Wildman–Crippen MR) is 61.0 cm³/mol. The molecular formula is C11H7F6N5. The van der Waals surface area contributed by atoms with Gasteiger partial charge in [-0.2, -0.15) is 26.3 Å².